The van der Waals surface area contributed by atoms with Gasteiger partial charge in [-0.25, -0.2) is 0 Å². The molecule has 0 radical (unpaired) electrons. The highest BCUT2D eigenvalue weighted by Crippen LogP contribution is 2.35. The van der Waals surface area contributed by atoms with Crippen molar-refractivity contribution in [1.29, 1.82) is 0 Å². The molecule has 0 bridgehead atoms. The highest BCUT2D eigenvalue weighted by atomic mass is 79.9. The lowest BCUT2D eigenvalue weighted by Crippen LogP contribution is -2.35. The van der Waals surface area contributed by atoms with Crippen LogP contribution in [0.3, 0.4) is 0 Å². The first-order valence-corrected chi connectivity index (χ1v) is 7.58. The van der Waals surface area contributed by atoms with Crippen LogP contribution in [0.5, 0.6) is 0 Å². The molecule has 1 aromatic carbocycles. The van der Waals surface area contributed by atoms with Gasteiger partial charge in [-0.05, 0) is 44.0 Å². The van der Waals surface area contributed by atoms with Crippen molar-refractivity contribution in [3.8, 4) is 0 Å². The zero-order valence-electron chi connectivity index (χ0n) is 11.3. The maximum atomic E-state index is 11.2. The molecule has 104 valence electrons. The Morgan fingerprint density at radius 1 is 1.58 bits per heavy atom. The van der Waals surface area contributed by atoms with Gasteiger partial charge in [0.15, 0.2) is 0 Å². The van der Waals surface area contributed by atoms with Gasteiger partial charge in [0.05, 0.1) is 5.92 Å². The molecule has 1 saturated heterocycles. The lowest BCUT2D eigenvalue weighted by Gasteiger charge is -2.32. The van der Waals surface area contributed by atoms with E-state index in [4.69, 9.17) is 0 Å². The van der Waals surface area contributed by atoms with Crippen LogP contribution in [0.2, 0.25) is 0 Å². The highest BCUT2D eigenvalue weighted by molar-refractivity contribution is 9.10. The van der Waals surface area contributed by atoms with Crippen LogP contribution < -0.4 is 0 Å². The van der Waals surface area contributed by atoms with Gasteiger partial charge in [-0.15, -0.1) is 0 Å². The number of nitrogens with zero attached hydrogens (tertiary/aromatic N) is 1. The maximum absolute atomic E-state index is 11.2. The molecule has 0 saturated carbocycles. The number of likely N-dealkylation sites (tertiary alicyclic amines) is 1. The van der Waals surface area contributed by atoms with E-state index < -0.39 is 5.97 Å². The van der Waals surface area contributed by atoms with Crippen molar-refractivity contribution in [3.63, 3.8) is 0 Å². The zero-order chi connectivity index (χ0) is 14.0. The average Bonchev–Trinajstić information content (AvgIpc) is 2.73. The Morgan fingerprint density at radius 3 is 2.84 bits per heavy atom. The van der Waals surface area contributed by atoms with Crippen molar-refractivity contribution in [2.45, 2.75) is 38.8 Å². The smallest absolute Gasteiger partial charge is 0.308 e. The van der Waals surface area contributed by atoms with E-state index in [-0.39, 0.29) is 12.0 Å². The molecule has 1 heterocycles. The van der Waals surface area contributed by atoms with Crippen LogP contribution in [0.4, 0.5) is 0 Å². The molecule has 3 unspecified atom stereocenters. The molecule has 1 aromatic rings. The number of rotatable bonds is 4. The van der Waals surface area contributed by atoms with E-state index in [1.807, 2.05) is 19.1 Å². The van der Waals surface area contributed by atoms with Gasteiger partial charge in [0, 0.05) is 16.6 Å². The Balaban J connectivity index is 2.21. The number of carbonyl (C=O) groups is 1. The second-order valence-electron chi connectivity index (χ2n) is 5.19. The van der Waals surface area contributed by atoms with Crippen molar-refractivity contribution < 1.29 is 9.90 Å². The summed E-state index contributed by atoms with van der Waals surface area (Å²) in [6, 6.07) is 8.72. The quantitative estimate of drug-likeness (QED) is 0.917. The number of halogens is 1. The van der Waals surface area contributed by atoms with Crippen LogP contribution in [0.25, 0.3) is 0 Å². The minimum Gasteiger partial charge on any atom is -0.481 e. The summed E-state index contributed by atoms with van der Waals surface area (Å²) in [6.45, 7) is 5.06. The molecule has 0 amide bonds. The fourth-order valence-electron chi connectivity index (χ4n) is 3.11. The maximum Gasteiger partial charge on any atom is 0.308 e. The summed E-state index contributed by atoms with van der Waals surface area (Å²) in [5.41, 5.74) is 1.26. The molecule has 3 nitrogen and oxygen atoms in total. The lowest BCUT2D eigenvalue weighted by atomic mass is 9.99. The molecule has 0 aliphatic carbocycles. The minimum atomic E-state index is -0.668. The van der Waals surface area contributed by atoms with Crippen molar-refractivity contribution >= 4 is 21.9 Å². The topological polar surface area (TPSA) is 40.5 Å². The molecule has 1 N–H and O–H groups in total. The zero-order valence-corrected chi connectivity index (χ0v) is 12.9. The van der Waals surface area contributed by atoms with Gasteiger partial charge < -0.3 is 5.11 Å². The summed E-state index contributed by atoms with van der Waals surface area (Å²) >= 11 is 3.51. The van der Waals surface area contributed by atoms with E-state index in [1.54, 1.807) is 0 Å². The summed E-state index contributed by atoms with van der Waals surface area (Å²) in [7, 11) is 0. The van der Waals surface area contributed by atoms with Crippen LogP contribution in [0, 0.1) is 5.92 Å². The molecule has 2 rings (SSSR count). The molecule has 4 heteroatoms. The Kier molecular flexibility index (Phi) is 4.63. The Bertz CT molecular complexity index is 463. The van der Waals surface area contributed by atoms with Crippen LogP contribution in [0.1, 0.15) is 38.3 Å². The first-order chi connectivity index (χ1) is 9.04. The average molecular weight is 326 g/mol. The summed E-state index contributed by atoms with van der Waals surface area (Å²) in [5, 5.41) is 9.24. The Morgan fingerprint density at radius 2 is 2.32 bits per heavy atom. The number of hydrogen-bond donors (Lipinski definition) is 1. The van der Waals surface area contributed by atoms with Gasteiger partial charge in [-0.2, -0.15) is 0 Å². The number of carboxylic acids is 1. The predicted octanol–water partition coefficient (Wildman–Crippen LogP) is 3.70. The van der Waals surface area contributed by atoms with Gasteiger partial charge >= 0.3 is 5.97 Å². The molecular formula is C15H20BrNO2. The van der Waals surface area contributed by atoms with Crippen LogP contribution in [-0.4, -0.2) is 28.6 Å². The molecular weight excluding hydrogens is 306 g/mol. The van der Waals surface area contributed by atoms with Crippen LogP contribution in [-0.2, 0) is 4.79 Å². The molecule has 0 aromatic heterocycles. The van der Waals surface area contributed by atoms with Gasteiger partial charge in [0.1, 0.15) is 0 Å². The SMILES string of the molecule is CCC(c1cccc(Br)c1)N1CCC(C(=O)O)C1C. The molecule has 0 spiro atoms. The Labute approximate surface area is 122 Å². The van der Waals surface area contributed by atoms with E-state index in [0.717, 1.165) is 23.9 Å². The van der Waals surface area contributed by atoms with Crippen molar-refractivity contribution in [1.82, 2.24) is 4.90 Å². The summed E-state index contributed by atoms with van der Waals surface area (Å²) < 4.78 is 1.07. The summed E-state index contributed by atoms with van der Waals surface area (Å²) in [4.78, 5) is 13.6. The molecule has 19 heavy (non-hydrogen) atoms. The number of carboxylic acid groups (broad SMARTS) is 1. The van der Waals surface area contributed by atoms with Crippen molar-refractivity contribution in [3.05, 3.63) is 34.3 Å². The second kappa shape index (κ2) is 6.06. The molecule has 1 aliphatic rings. The normalized spacial score (nSPS) is 25.4. The fourth-order valence-corrected chi connectivity index (χ4v) is 3.53. The monoisotopic (exact) mass is 325 g/mol. The first-order valence-electron chi connectivity index (χ1n) is 6.78. The first kappa shape index (κ1) is 14.5. The van der Waals surface area contributed by atoms with Gasteiger partial charge in [-0.3, -0.25) is 9.69 Å². The summed E-state index contributed by atoms with van der Waals surface area (Å²) in [5.74, 6) is -0.903. The number of aliphatic carboxylic acids is 1. The molecule has 1 aliphatic heterocycles. The van der Waals surface area contributed by atoms with E-state index in [0.29, 0.717) is 6.04 Å². The van der Waals surface area contributed by atoms with E-state index in [2.05, 4.69) is 39.9 Å². The summed E-state index contributed by atoms with van der Waals surface area (Å²) in [6.07, 6.45) is 1.74. The largest absolute Gasteiger partial charge is 0.481 e. The van der Waals surface area contributed by atoms with E-state index in [9.17, 15) is 9.90 Å². The predicted molar refractivity (Wildman–Crippen MR) is 79.1 cm³/mol. The van der Waals surface area contributed by atoms with Crippen molar-refractivity contribution in [2.24, 2.45) is 5.92 Å². The highest BCUT2D eigenvalue weighted by Gasteiger charge is 2.38. The fraction of sp³-hybridized carbons (Fsp3) is 0.533. The standard InChI is InChI=1S/C15H20BrNO2/c1-3-14(11-5-4-6-12(16)9-11)17-8-7-13(10(17)2)15(18)19/h4-6,9-10,13-14H,3,7-8H2,1-2H3,(H,18,19). The Hall–Kier alpha value is -0.870. The number of hydrogen-bond acceptors (Lipinski definition) is 2. The number of benzene rings is 1. The van der Waals surface area contributed by atoms with E-state index in [1.165, 1.54) is 5.56 Å². The second-order valence-corrected chi connectivity index (χ2v) is 6.11. The lowest BCUT2D eigenvalue weighted by molar-refractivity contribution is -0.142. The third kappa shape index (κ3) is 3.00. The third-order valence-electron chi connectivity index (χ3n) is 4.14. The van der Waals surface area contributed by atoms with Gasteiger partial charge in [-0.1, -0.05) is 35.0 Å². The molecule has 3 atom stereocenters. The van der Waals surface area contributed by atoms with Crippen LogP contribution >= 0.6 is 15.9 Å². The minimum absolute atomic E-state index is 0.0985. The third-order valence-corrected chi connectivity index (χ3v) is 4.63. The van der Waals surface area contributed by atoms with Crippen LogP contribution in [0.15, 0.2) is 28.7 Å². The molecule has 1 fully saturated rings. The van der Waals surface area contributed by atoms with Gasteiger partial charge in [0.2, 0.25) is 0 Å². The van der Waals surface area contributed by atoms with E-state index >= 15 is 0 Å². The van der Waals surface area contributed by atoms with Crippen molar-refractivity contribution in [2.75, 3.05) is 6.54 Å². The van der Waals surface area contributed by atoms with Gasteiger partial charge in [0.25, 0.3) is 0 Å².